The Bertz CT molecular complexity index is 832. The molecule has 1 fully saturated rings. The summed E-state index contributed by atoms with van der Waals surface area (Å²) in [6, 6.07) is 9.62. The Morgan fingerprint density at radius 1 is 1.19 bits per heavy atom. The van der Waals surface area contributed by atoms with E-state index < -0.39 is 0 Å². The van der Waals surface area contributed by atoms with Crippen molar-refractivity contribution in [1.29, 1.82) is 0 Å². The molecule has 0 unspecified atom stereocenters. The smallest absolute Gasteiger partial charge is 0.251 e. The minimum absolute atomic E-state index is 0. The van der Waals surface area contributed by atoms with Crippen LogP contribution in [-0.4, -0.2) is 27.7 Å². The molecule has 3 aromatic rings. The number of nitrogens with one attached hydrogen (secondary N) is 2. The molecule has 0 bridgehead atoms. The lowest BCUT2D eigenvalue weighted by Gasteiger charge is -2.23. The van der Waals surface area contributed by atoms with Crippen molar-refractivity contribution in [3.8, 4) is 0 Å². The fraction of sp³-hybridized carbons (Fsp3) is 0.333. The number of benzene rings is 1. The Balaban J connectivity index is 0.00000132. The number of fused-ring (bicyclic) bond motifs is 3. The van der Waals surface area contributed by atoms with E-state index in [-0.39, 0.29) is 18.0 Å². The summed E-state index contributed by atoms with van der Waals surface area (Å²) in [5.41, 5.74) is 2.71. The summed E-state index contributed by atoms with van der Waals surface area (Å²) in [7, 11) is 0. The molecule has 0 saturated carbocycles. The second-order valence-corrected chi connectivity index (χ2v) is 5.36. The molecule has 1 aromatic carbocycles. The summed E-state index contributed by atoms with van der Waals surface area (Å²) < 4.78 is 1.92. The number of hydrogen-bond acceptors (Lipinski definition) is 3. The van der Waals surface area contributed by atoms with Crippen molar-refractivity contribution in [3.63, 3.8) is 0 Å². The van der Waals surface area contributed by atoms with Gasteiger partial charge in [-0.2, -0.15) is 5.10 Å². The van der Waals surface area contributed by atoms with Crippen molar-refractivity contribution in [2.45, 2.75) is 18.8 Å². The van der Waals surface area contributed by atoms with Crippen LogP contribution in [-0.2, 0) is 0 Å². The Labute approximate surface area is 127 Å². The van der Waals surface area contributed by atoms with Crippen LogP contribution in [0.4, 0.5) is 0 Å². The number of hydrogen-bond donors (Lipinski definition) is 2. The van der Waals surface area contributed by atoms with E-state index in [0.717, 1.165) is 48.2 Å². The molecule has 1 saturated heterocycles. The first-order valence-electron chi connectivity index (χ1n) is 7.04. The van der Waals surface area contributed by atoms with E-state index in [2.05, 4.69) is 15.4 Å². The van der Waals surface area contributed by atoms with E-state index in [1.807, 2.05) is 28.8 Å². The predicted molar refractivity (Wildman–Crippen MR) is 85.4 cm³/mol. The molecule has 1 aliphatic rings. The topological polar surface area (TPSA) is 62.2 Å². The molecule has 2 N–H and O–H groups in total. The molecule has 1 aliphatic heterocycles. The third-order valence-electron chi connectivity index (χ3n) is 4.10. The lowest BCUT2D eigenvalue weighted by molar-refractivity contribution is 0.446. The zero-order valence-corrected chi connectivity index (χ0v) is 12.3. The van der Waals surface area contributed by atoms with Crippen LogP contribution in [0.1, 0.15) is 24.5 Å². The van der Waals surface area contributed by atoms with Gasteiger partial charge in [0.15, 0.2) is 0 Å². The molecule has 0 atom stereocenters. The van der Waals surface area contributed by atoms with Crippen LogP contribution in [0, 0.1) is 0 Å². The van der Waals surface area contributed by atoms with E-state index >= 15 is 0 Å². The Morgan fingerprint density at radius 3 is 2.76 bits per heavy atom. The number of rotatable bonds is 1. The second-order valence-electron chi connectivity index (χ2n) is 5.36. The molecule has 5 nitrogen and oxygen atoms in total. The van der Waals surface area contributed by atoms with E-state index in [0.29, 0.717) is 5.92 Å². The molecule has 21 heavy (non-hydrogen) atoms. The highest BCUT2D eigenvalue weighted by Crippen LogP contribution is 2.26. The van der Waals surface area contributed by atoms with Gasteiger partial charge in [-0.3, -0.25) is 4.79 Å². The highest BCUT2D eigenvalue weighted by Gasteiger charge is 2.20. The maximum Gasteiger partial charge on any atom is 0.251 e. The average Bonchev–Trinajstić information content (AvgIpc) is 2.86. The van der Waals surface area contributed by atoms with Crippen LogP contribution >= 0.6 is 12.4 Å². The van der Waals surface area contributed by atoms with E-state index in [1.54, 1.807) is 6.07 Å². The molecule has 0 radical (unpaired) electrons. The quantitative estimate of drug-likeness (QED) is 0.723. The molecule has 0 aliphatic carbocycles. The Kier molecular flexibility index (Phi) is 3.69. The molecule has 2 aromatic heterocycles. The zero-order valence-electron chi connectivity index (χ0n) is 11.5. The van der Waals surface area contributed by atoms with Crippen LogP contribution in [0.25, 0.3) is 16.6 Å². The molecular formula is C15H17ClN4O. The first kappa shape index (κ1) is 14.1. The van der Waals surface area contributed by atoms with Gasteiger partial charge in [-0.25, -0.2) is 4.52 Å². The van der Waals surface area contributed by atoms with Crippen molar-refractivity contribution in [1.82, 2.24) is 19.9 Å². The Morgan fingerprint density at radius 2 is 1.95 bits per heavy atom. The normalized spacial score (nSPS) is 16.2. The van der Waals surface area contributed by atoms with Crippen LogP contribution in [0.3, 0.4) is 0 Å². The third-order valence-corrected chi connectivity index (χ3v) is 4.10. The first-order valence-corrected chi connectivity index (χ1v) is 7.04. The van der Waals surface area contributed by atoms with Gasteiger partial charge < -0.3 is 10.3 Å². The van der Waals surface area contributed by atoms with Crippen molar-refractivity contribution in [2.24, 2.45) is 0 Å². The van der Waals surface area contributed by atoms with Crippen LogP contribution < -0.4 is 10.9 Å². The SMILES string of the molecule is Cl.O=c1cc(C2CCNCC2)n2nc3ccccc3c2[nH]1. The summed E-state index contributed by atoms with van der Waals surface area (Å²) in [4.78, 5) is 14.9. The Hall–Kier alpha value is -1.85. The van der Waals surface area contributed by atoms with Gasteiger partial charge in [0.05, 0.1) is 11.2 Å². The van der Waals surface area contributed by atoms with Gasteiger partial charge in [-0.15, -0.1) is 12.4 Å². The van der Waals surface area contributed by atoms with Gasteiger partial charge in [0.2, 0.25) is 0 Å². The second kappa shape index (κ2) is 5.50. The number of aromatic amines is 1. The number of halogens is 1. The van der Waals surface area contributed by atoms with Gasteiger partial charge in [-0.05, 0) is 38.1 Å². The average molecular weight is 305 g/mol. The predicted octanol–water partition coefficient (Wildman–Crippen LogP) is 2.06. The maximum absolute atomic E-state index is 12.0. The minimum atomic E-state index is -0.0447. The van der Waals surface area contributed by atoms with E-state index in [1.165, 1.54) is 0 Å². The summed E-state index contributed by atoms with van der Waals surface area (Å²) in [6.45, 7) is 2.00. The van der Waals surface area contributed by atoms with E-state index in [4.69, 9.17) is 0 Å². The van der Waals surface area contributed by atoms with Crippen LogP contribution in [0.15, 0.2) is 35.1 Å². The zero-order chi connectivity index (χ0) is 13.5. The lowest BCUT2D eigenvalue weighted by Crippen LogP contribution is -2.28. The largest absolute Gasteiger partial charge is 0.317 e. The van der Waals surface area contributed by atoms with Gasteiger partial charge in [0.1, 0.15) is 5.65 Å². The number of piperidine rings is 1. The molecule has 0 spiro atoms. The molecule has 0 amide bonds. The van der Waals surface area contributed by atoms with Crippen molar-refractivity contribution >= 4 is 29.0 Å². The monoisotopic (exact) mass is 304 g/mol. The fourth-order valence-electron chi connectivity index (χ4n) is 3.10. The van der Waals surface area contributed by atoms with Crippen molar-refractivity contribution in [3.05, 3.63) is 46.4 Å². The highest BCUT2D eigenvalue weighted by atomic mass is 35.5. The maximum atomic E-state index is 12.0. The molecule has 3 heterocycles. The van der Waals surface area contributed by atoms with Gasteiger partial charge in [0, 0.05) is 17.4 Å². The molecule has 4 rings (SSSR count). The fourth-order valence-corrected chi connectivity index (χ4v) is 3.10. The third kappa shape index (κ3) is 2.32. The van der Waals surface area contributed by atoms with Gasteiger partial charge >= 0.3 is 0 Å². The summed E-state index contributed by atoms with van der Waals surface area (Å²) >= 11 is 0. The summed E-state index contributed by atoms with van der Waals surface area (Å²) in [5, 5.41) is 9.02. The van der Waals surface area contributed by atoms with E-state index in [9.17, 15) is 4.79 Å². The summed E-state index contributed by atoms with van der Waals surface area (Å²) in [5.74, 6) is 0.398. The van der Waals surface area contributed by atoms with Crippen molar-refractivity contribution < 1.29 is 0 Å². The number of nitrogens with zero attached hydrogens (tertiary/aromatic N) is 2. The minimum Gasteiger partial charge on any atom is -0.317 e. The number of aromatic nitrogens is 3. The number of H-pyrrole nitrogens is 1. The van der Waals surface area contributed by atoms with Gasteiger partial charge in [0.25, 0.3) is 5.56 Å². The molecular weight excluding hydrogens is 288 g/mol. The highest BCUT2D eigenvalue weighted by molar-refractivity contribution is 5.91. The van der Waals surface area contributed by atoms with Crippen LogP contribution in [0.2, 0.25) is 0 Å². The first-order chi connectivity index (χ1) is 9.83. The van der Waals surface area contributed by atoms with Gasteiger partial charge in [-0.1, -0.05) is 12.1 Å². The lowest BCUT2D eigenvalue weighted by atomic mass is 9.94. The van der Waals surface area contributed by atoms with Crippen LogP contribution in [0.5, 0.6) is 0 Å². The molecule has 110 valence electrons. The van der Waals surface area contributed by atoms with Crippen molar-refractivity contribution in [2.75, 3.05) is 13.1 Å². The molecule has 6 heteroatoms. The summed E-state index contributed by atoms with van der Waals surface area (Å²) in [6.07, 6.45) is 2.10. The standard InChI is InChI=1S/C15H16N4O.ClH/c20-14-9-13(10-5-7-16-8-6-10)19-15(17-14)11-3-1-2-4-12(11)18-19;/h1-4,9-10,16H,5-8H2,(H,17,20);1H.